The van der Waals surface area contributed by atoms with Gasteiger partial charge in [0.2, 0.25) is 5.91 Å². The number of imidazole rings is 1. The molecule has 0 aliphatic rings. The number of rotatable bonds is 5. The first-order chi connectivity index (χ1) is 14.0. The van der Waals surface area contributed by atoms with Crippen LogP contribution in [0.3, 0.4) is 0 Å². The van der Waals surface area contributed by atoms with Crippen molar-refractivity contribution in [1.82, 2.24) is 9.38 Å². The van der Waals surface area contributed by atoms with Gasteiger partial charge in [0, 0.05) is 23.0 Å². The van der Waals surface area contributed by atoms with E-state index >= 15 is 0 Å². The number of benzene rings is 2. The molecule has 0 spiro atoms. The molecule has 2 aromatic carbocycles. The molecule has 0 saturated carbocycles. The Morgan fingerprint density at radius 1 is 1.17 bits per heavy atom. The Balaban J connectivity index is 1.62. The van der Waals surface area contributed by atoms with E-state index in [0.29, 0.717) is 16.5 Å². The van der Waals surface area contributed by atoms with E-state index in [1.165, 1.54) is 0 Å². The Labute approximate surface area is 173 Å². The topological polar surface area (TPSA) is 55.6 Å². The molecule has 0 aliphatic carbocycles. The number of amides is 1. The number of ether oxygens (including phenoxy) is 1. The fraction of sp³-hybridized carbons (Fsp3) is 0.130. The largest absolute Gasteiger partial charge is 0.495 e. The Hall–Kier alpha value is -3.31. The Bertz CT molecular complexity index is 1200. The maximum absolute atomic E-state index is 12.6. The number of nitrogens with one attached hydrogen (secondary N) is 1. The molecular formula is C23H20ClN3O2. The van der Waals surface area contributed by atoms with E-state index in [1.807, 2.05) is 72.2 Å². The van der Waals surface area contributed by atoms with Crippen molar-refractivity contribution in [3.8, 4) is 17.0 Å². The molecule has 1 amide bonds. The number of pyridine rings is 1. The molecule has 2 heterocycles. The Morgan fingerprint density at radius 3 is 2.79 bits per heavy atom. The standard InChI is InChI=1S/C23H20ClN3O2/c1-15-9-10-27-14-20(25-22(27)11-15)17-7-8-21(29-2)19(12-17)26-23(28)13-16-5-3-4-6-18(16)24/h3-12,14H,13H2,1-2H3,(H,26,28). The van der Waals surface area contributed by atoms with Gasteiger partial charge in [-0.05, 0) is 54.4 Å². The molecular weight excluding hydrogens is 386 g/mol. The highest BCUT2D eigenvalue weighted by Gasteiger charge is 2.13. The second-order valence-corrected chi connectivity index (χ2v) is 7.23. The fourth-order valence-corrected chi connectivity index (χ4v) is 3.40. The van der Waals surface area contributed by atoms with Crippen LogP contribution in [0.5, 0.6) is 5.75 Å². The quantitative estimate of drug-likeness (QED) is 0.499. The number of methoxy groups -OCH3 is 1. The van der Waals surface area contributed by atoms with E-state index in [9.17, 15) is 4.79 Å². The fourth-order valence-electron chi connectivity index (χ4n) is 3.20. The first-order valence-electron chi connectivity index (χ1n) is 9.20. The minimum atomic E-state index is -0.167. The van der Waals surface area contributed by atoms with Crippen LogP contribution in [0.1, 0.15) is 11.1 Å². The van der Waals surface area contributed by atoms with Crippen molar-refractivity contribution in [3.05, 3.63) is 83.1 Å². The molecule has 1 N–H and O–H groups in total. The summed E-state index contributed by atoms with van der Waals surface area (Å²) in [4.78, 5) is 17.3. The van der Waals surface area contributed by atoms with Crippen LogP contribution in [-0.2, 0) is 11.2 Å². The third-order valence-corrected chi connectivity index (χ3v) is 5.06. The number of anilines is 1. The summed E-state index contributed by atoms with van der Waals surface area (Å²) in [5, 5.41) is 3.51. The second-order valence-electron chi connectivity index (χ2n) is 6.83. The van der Waals surface area contributed by atoms with Gasteiger partial charge in [0.25, 0.3) is 0 Å². The van der Waals surface area contributed by atoms with Crippen LogP contribution in [0.25, 0.3) is 16.9 Å². The number of aryl methyl sites for hydroxylation is 1. The smallest absolute Gasteiger partial charge is 0.228 e. The summed E-state index contributed by atoms with van der Waals surface area (Å²) in [5.41, 5.74) is 5.10. The third-order valence-electron chi connectivity index (χ3n) is 4.69. The number of carbonyl (C=O) groups excluding carboxylic acids is 1. The van der Waals surface area contributed by atoms with Gasteiger partial charge in [0.05, 0.1) is 24.9 Å². The number of hydrogen-bond donors (Lipinski definition) is 1. The lowest BCUT2D eigenvalue weighted by molar-refractivity contribution is -0.115. The van der Waals surface area contributed by atoms with Crippen molar-refractivity contribution in [3.63, 3.8) is 0 Å². The zero-order chi connectivity index (χ0) is 20.4. The molecule has 5 nitrogen and oxygen atoms in total. The van der Waals surface area contributed by atoms with E-state index in [1.54, 1.807) is 13.2 Å². The van der Waals surface area contributed by atoms with E-state index < -0.39 is 0 Å². The first kappa shape index (κ1) is 19.0. The molecule has 0 atom stereocenters. The van der Waals surface area contributed by atoms with Gasteiger partial charge in [0.15, 0.2) is 0 Å². The minimum Gasteiger partial charge on any atom is -0.495 e. The normalized spacial score (nSPS) is 10.9. The molecule has 4 aromatic rings. The molecule has 4 rings (SSSR count). The van der Waals surface area contributed by atoms with Crippen LogP contribution in [0.4, 0.5) is 5.69 Å². The summed E-state index contributed by atoms with van der Waals surface area (Å²) in [6.07, 6.45) is 4.13. The monoisotopic (exact) mass is 405 g/mol. The summed E-state index contributed by atoms with van der Waals surface area (Å²) < 4.78 is 7.39. The highest BCUT2D eigenvalue weighted by molar-refractivity contribution is 6.31. The van der Waals surface area contributed by atoms with Crippen LogP contribution >= 0.6 is 11.6 Å². The average molecular weight is 406 g/mol. The van der Waals surface area contributed by atoms with Gasteiger partial charge in [-0.1, -0.05) is 29.8 Å². The number of hydrogen-bond acceptors (Lipinski definition) is 3. The molecule has 0 aliphatic heterocycles. The Morgan fingerprint density at radius 2 is 2.00 bits per heavy atom. The van der Waals surface area contributed by atoms with Crippen molar-refractivity contribution in [2.45, 2.75) is 13.3 Å². The van der Waals surface area contributed by atoms with Crippen LogP contribution in [0.15, 0.2) is 67.0 Å². The van der Waals surface area contributed by atoms with Crippen LogP contribution in [0, 0.1) is 6.92 Å². The lowest BCUT2D eigenvalue weighted by Crippen LogP contribution is -2.15. The van der Waals surface area contributed by atoms with Crippen molar-refractivity contribution in [2.24, 2.45) is 0 Å². The van der Waals surface area contributed by atoms with Gasteiger partial charge in [0.1, 0.15) is 11.4 Å². The maximum atomic E-state index is 12.6. The third kappa shape index (κ3) is 4.10. The summed E-state index contributed by atoms with van der Waals surface area (Å²) in [6.45, 7) is 2.04. The van der Waals surface area contributed by atoms with Crippen LogP contribution in [-0.4, -0.2) is 22.4 Å². The number of nitrogens with zero attached hydrogens (tertiary/aromatic N) is 2. The predicted octanol–water partition coefficient (Wildman–Crippen LogP) is 5.15. The molecule has 29 heavy (non-hydrogen) atoms. The van der Waals surface area contributed by atoms with Gasteiger partial charge in [-0.25, -0.2) is 4.98 Å². The second kappa shape index (κ2) is 7.97. The summed E-state index contributed by atoms with van der Waals surface area (Å²) in [5.74, 6) is 0.417. The molecule has 0 radical (unpaired) electrons. The van der Waals surface area contributed by atoms with Crippen molar-refractivity contribution < 1.29 is 9.53 Å². The molecule has 0 saturated heterocycles. The molecule has 0 unspecified atom stereocenters. The number of carbonyl (C=O) groups is 1. The van der Waals surface area contributed by atoms with Crippen LogP contribution < -0.4 is 10.1 Å². The molecule has 2 aromatic heterocycles. The van der Waals surface area contributed by atoms with Gasteiger partial charge in [-0.15, -0.1) is 0 Å². The van der Waals surface area contributed by atoms with E-state index in [-0.39, 0.29) is 12.3 Å². The number of aromatic nitrogens is 2. The summed E-state index contributed by atoms with van der Waals surface area (Å²) in [7, 11) is 1.58. The average Bonchev–Trinajstić information content (AvgIpc) is 3.13. The van der Waals surface area contributed by atoms with Crippen molar-refractivity contribution in [2.75, 3.05) is 12.4 Å². The summed E-state index contributed by atoms with van der Waals surface area (Å²) in [6, 6.07) is 17.0. The highest BCUT2D eigenvalue weighted by Crippen LogP contribution is 2.31. The predicted molar refractivity (Wildman–Crippen MR) is 116 cm³/mol. The number of fused-ring (bicyclic) bond motifs is 1. The maximum Gasteiger partial charge on any atom is 0.228 e. The molecule has 6 heteroatoms. The lowest BCUT2D eigenvalue weighted by Gasteiger charge is -2.12. The minimum absolute atomic E-state index is 0.167. The zero-order valence-corrected chi connectivity index (χ0v) is 16.9. The summed E-state index contributed by atoms with van der Waals surface area (Å²) >= 11 is 6.17. The number of halogens is 1. The van der Waals surface area contributed by atoms with Gasteiger partial charge in [-0.3, -0.25) is 4.79 Å². The van der Waals surface area contributed by atoms with Crippen molar-refractivity contribution >= 4 is 28.8 Å². The van der Waals surface area contributed by atoms with E-state index in [0.717, 1.165) is 28.0 Å². The zero-order valence-electron chi connectivity index (χ0n) is 16.1. The van der Waals surface area contributed by atoms with Gasteiger partial charge in [-0.2, -0.15) is 0 Å². The highest BCUT2D eigenvalue weighted by atomic mass is 35.5. The van der Waals surface area contributed by atoms with E-state index in [2.05, 4.69) is 5.32 Å². The Kier molecular flexibility index (Phi) is 5.23. The molecule has 146 valence electrons. The van der Waals surface area contributed by atoms with Gasteiger partial charge >= 0.3 is 0 Å². The SMILES string of the molecule is COc1ccc(-c2cn3ccc(C)cc3n2)cc1NC(=O)Cc1ccccc1Cl. The van der Waals surface area contributed by atoms with Crippen molar-refractivity contribution in [1.29, 1.82) is 0 Å². The van der Waals surface area contributed by atoms with Crippen LogP contribution in [0.2, 0.25) is 5.02 Å². The molecule has 0 fully saturated rings. The lowest BCUT2D eigenvalue weighted by atomic mass is 10.1. The first-order valence-corrected chi connectivity index (χ1v) is 9.58. The van der Waals surface area contributed by atoms with Gasteiger partial charge < -0.3 is 14.5 Å². The van der Waals surface area contributed by atoms with E-state index in [4.69, 9.17) is 21.3 Å². The molecule has 0 bridgehead atoms.